The molecule has 1 atom stereocenters. The first-order valence-corrected chi connectivity index (χ1v) is 10.1. The predicted octanol–water partition coefficient (Wildman–Crippen LogP) is 1.68. The number of aromatic nitrogens is 1. The summed E-state index contributed by atoms with van der Waals surface area (Å²) in [4.78, 5) is 8.82. The van der Waals surface area contributed by atoms with E-state index in [0.29, 0.717) is 17.0 Å². The number of hydrogen-bond acceptors (Lipinski definition) is 5. The van der Waals surface area contributed by atoms with Crippen molar-refractivity contribution in [3.8, 4) is 0 Å². The van der Waals surface area contributed by atoms with Crippen LogP contribution in [0, 0.1) is 5.82 Å². The number of halogens is 1. The zero-order chi connectivity index (χ0) is 16.7. The van der Waals surface area contributed by atoms with Crippen LogP contribution in [0.25, 0.3) is 10.9 Å². The van der Waals surface area contributed by atoms with Crippen LogP contribution in [0.15, 0.2) is 30.5 Å². The lowest BCUT2D eigenvalue weighted by Gasteiger charge is -2.39. The lowest BCUT2D eigenvalue weighted by atomic mass is 10.1. The molecule has 0 radical (unpaired) electrons. The second-order valence-corrected chi connectivity index (χ2v) is 8.80. The lowest BCUT2D eigenvalue weighted by molar-refractivity contribution is 0.200. The molecule has 0 bridgehead atoms. The predicted molar refractivity (Wildman–Crippen MR) is 92.5 cm³/mol. The second-order valence-electron chi connectivity index (χ2n) is 6.57. The third-order valence-corrected chi connectivity index (χ3v) is 6.81. The molecular weight excluding hydrogens is 329 g/mol. The van der Waals surface area contributed by atoms with Gasteiger partial charge in [-0.15, -0.1) is 0 Å². The van der Waals surface area contributed by atoms with Crippen LogP contribution in [0.1, 0.15) is 6.42 Å². The van der Waals surface area contributed by atoms with Gasteiger partial charge in [-0.05, 0) is 24.6 Å². The Labute approximate surface area is 141 Å². The number of nitrogens with zero attached hydrogens (tertiary/aromatic N) is 3. The average molecular weight is 349 g/mol. The summed E-state index contributed by atoms with van der Waals surface area (Å²) in [6.45, 7) is 3.39. The minimum Gasteiger partial charge on any atom is -0.368 e. The number of sulfone groups is 1. The highest BCUT2D eigenvalue weighted by Gasteiger charge is 2.33. The van der Waals surface area contributed by atoms with Gasteiger partial charge >= 0.3 is 0 Å². The molecule has 0 aliphatic carbocycles. The quantitative estimate of drug-likeness (QED) is 0.826. The summed E-state index contributed by atoms with van der Waals surface area (Å²) in [5.41, 5.74) is 1.73. The van der Waals surface area contributed by atoms with Crippen molar-refractivity contribution in [2.24, 2.45) is 0 Å². The fraction of sp³-hybridized carbons (Fsp3) is 0.471. The molecule has 0 amide bonds. The van der Waals surface area contributed by atoms with Gasteiger partial charge in [0.2, 0.25) is 0 Å². The van der Waals surface area contributed by atoms with Gasteiger partial charge in [-0.25, -0.2) is 12.8 Å². The van der Waals surface area contributed by atoms with E-state index in [4.69, 9.17) is 0 Å². The molecule has 3 heterocycles. The van der Waals surface area contributed by atoms with E-state index in [1.807, 2.05) is 6.07 Å². The lowest BCUT2D eigenvalue weighted by Crippen LogP contribution is -2.50. The van der Waals surface area contributed by atoms with Crippen LogP contribution in [0.3, 0.4) is 0 Å². The molecule has 1 aromatic heterocycles. The van der Waals surface area contributed by atoms with Gasteiger partial charge in [0.1, 0.15) is 5.82 Å². The summed E-state index contributed by atoms with van der Waals surface area (Å²) in [6, 6.07) is 6.84. The van der Waals surface area contributed by atoms with Gasteiger partial charge in [0.25, 0.3) is 0 Å². The Morgan fingerprint density at radius 3 is 2.62 bits per heavy atom. The number of fused-ring (bicyclic) bond motifs is 1. The van der Waals surface area contributed by atoms with Gasteiger partial charge in [-0.1, -0.05) is 0 Å². The number of benzene rings is 1. The van der Waals surface area contributed by atoms with E-state index >= 15 is 0 Å². The Kier molecular flexibility index (Phi) is 3.92. The monoisotopic (exact) mass is 349 g/mol. The van der Waals surface area contributed by atoms with E-state index in [2.05, 4.69) is 14.8 Å². The van der Waals surface area contributed by atoms with Gasteiger partial charge in [-0.2, -0.15) is 0 Å². The molecule has 128 valence electrons. The highest BCUT2D eigenvalue weighted by molar-refractivity contribution is 7.91. The van der Waals surface area contributed by atoms with E-state index in [0.717, 1.165) is 43.7 Å². The highest BCUT2D eigenvalue weighted by Crippen LogP contribution is 2.28. The van der Waals surface area contributed by atoms with E-state index in [9.17, 15) is 12.8 Å². The van der Waals surface area contributed by atoms with E-state index in [1.54, 1.807) is 12.3 Å². The molecule has 1 unspecified atom stereocenters. The number of hydrogen-bond donors (Lipinski definition) is 0. The number of piperazine rings is 1. The molecule has 5 nitrogen and oxygen atoms in total. The van der Waals surface area contributed by atoms with Crippen molar-refractivity contribution in [3.05, 3.63) is 36.3 Å². The van der Waals surface area contributed by atoms with Gasteiger partial charge in [0.05, 0.1) is 17.0 Å². The Bertz CT molecular complexity index is 863. The molecule has 2 fully saturated rings. The van der Waals surface area contributed by atoms with Gasteiger partial charge in [0, 0.05) is 55.6 Å². The van der Waals surface area contributed by atoms with Crippen molar-refractivity contribution >= 4 is 26.4 Å². The molecule has 4 rings (SSSR count). The molecule has 2 aromatic rings. The molecule has 0 saturated carbocycles. The fourth-order valence-electron chi connectivity index (χ4n) is 3.77. The minimum absolute atomic E-state index is 0.167. The molecule has 24 heavy (non-hydrogen) atoms. The summed E-state index contributed by atoms with van der Waals surface area (Å²) >= 11 is 0. The van der Waals surface area contributed by atoms with E-state index in [-0.39, 0.29) is 11.9 Å². The molecule has 0 spiro atoms. The van der Waals surface area contributed by atoms with Crippen LogP contribution in [-0.2, 0) is 9.84 Å². The maximum absolute atomic E-state index is 13.4. The summed E-state index contributed by atoms with van der Waals surface area (Å²) < 4.78 is 36.7. The molecule has 2 aliphatic heterocycles. The van der Waals surface area contributed by atoms with Crippen LogP contribution in [0.2, 0.25) is 0 Å². The normalized spacial score (nSPS) is 24.5. The molecule has 1 aromatic carbocycles. The van der Waals surface area contributed by atoms with Crippen molar-refractivity contribution < 1.29 is 12.8 Å². The van der Waals surface area contributed by atoms with Crippen LogP contribution >= 0.6 is 0 Å². The maximum Gasteiger partial charge on any atom is 0.151 e. The summed E-state index contributed by atoms with van der Waals surface area (Å²) in [5.74, 6) is 0.336. The fourth-order valence-corrected chi connectivity index (χ4v) is 5.53. The Morgan fingerprint density at radius 2 is 1.92 bits per heavy atom. The Morgan fingerprint density at radius 1 is 1.12 bits per heavy atom. The first kappa shape index (κ1) is 15.8. The van der Waals surface area contributed by atoms with Crippen molar-refractivity contribution in [1.29, 1.82) is 0 Å². The third-order valence-electron chi connectivity index (χ3n) is 5.06. The van der Waals surface area contributed by atoms with Gasteiger partial charge in [-0.3, -0.25) is 9.88 Å². The maximum atomic E-state index is 13.4. The molecular formula is C17H20FN3O2S. The molecule has 2 aliphatic rings. The average Bonchev–Trinajstić information content (AvgIpc) is 2.94. The molecule has 7 heteroatoms. The van der Waals surface area contributed by atoms with Crippen molar-refractivity contribution in [2.75, 3.05) is 42.6 Å². The largest absolute Gasteiger partial charge is 0.368 e. The summed E-state index contributed by atoms with van der Waals surface area (Å²) in [6.07, 6.45) is 2.47. The number of pyridine rings is 1. The van der Waals surface area contributed by atoms with Crippen LogP contribution in [0.4, 0.5) is 10.1 Å². The molecule has 0 N–H and O–H groups in total. The number of anilines is 1. The zero-order valence-corrected chi connectivity index (χ0v) is 14.2. The SMILES string of the molecule is O=S1(=O)CCC(N2CCN(c3ccnc4cc(F)ccc34)CC2)C1. The second kappa shape index (κ2) is 5.97. The summed E-state index contributed by atoms with van der Waals surface area (Å²) in [7, 11) is -2.84. The smallest absolute Gasteiger partial charge is 0.151 e. The Hall–Kier alpha value is -1.73. The van der Waals surface area contributed by atoms with E-state index < -0.39 is 9.84 Å². The summed E-state index contributed by atoms with van der Waals surface area (Å²) in [5, 5.41) is 0.954. The number of rotatable bonds is 2. The van der Waals surface area contributed by atoms with Crippen molar-refractivity contribution in [2.45, 2.75) is 12.5 Å². The molecule has 2 saturated heterocycles. The standard InChI is InChI=1S/C17H20FN3O2S/c18-13-1-2-15-16(11-13)19-5-3-17(15)21-8-6-20(7-9-21)14-4-10-24(22,23)12-14/h1-3,5,11,14H,4,6-10,12H2. The van der Waals surface area contributed by atoms with Crippen LogP contribution in [-0.4, -0.2) is 62.0 Å². The highest BCUT2D eigenvalue weighted by atomic mass is 32.2. The third kappa shape index (κ3) is 2.98. The van der Waals surface area contributed by atoms with Crippen LogP contribution in [0.5, 0.6) is 0 Å². The van der Waals surface area contributed by atoms with E-state index in [1.165, 1.54) is 12.1 Å². The first-order valence-electron chi connectivity index (χ1n) is 8.25. The Balaban J connectivity index is 1.50. The minimum atomic E-state index is -2.84. The van der Waals surface area contributed by atoms with Crippen molar-refractivity contribution in [1.82, 2.24) is 9.88 Å². The van der Waals surface area contributed by atoms with Gasteiger partial charge < -0.3 is 4.90 Å². The van der Waals surface area contributed by atoms with Gasteiger partial charge in [0.15, 0.2) is 9.84 Å². The van der Waals surface area contributed by atoms with Crippen LogP contribution < -0.4 is 4.90 Å². The zero-order valence-electron chi connectivity index (χ0n) is 13.4. The first-order chi connectivity index (χ1) is 11.5. The topological polar surface area (TPSA) is 53.5 Å². The van der Waals surface area contributed by atoms with Crippen molar-refractivity contribution in [3.63, 3.8) is 0 Å².